The standard InChI is InChI=1S/C12H9F3N6O2S/c13-12(14,15)23-7-1-2-9-8(5-7)17-11(24-9)18-10(22)3-4-21-6-16-19-20-21/h1-2,5-6H,3-4H2,(H,17,18,22). The molecular weight excluding hydrogens is 349 g/mol. The third-order valence-electron chi connectivity index (χ3n) is 2.80. The Morgan fingerprint density at radius 3 is 2.92 bits per heavy atom. The molecule has 0 spiro atoms. The molecule has 2 aromatic heterocycles. The number of halogens is 3. The number of hydrogen-bond donors (Lipinski definition) is 1. The predicted molar refractivity (Wildman–Crippen MR) is 77.4 cm³/mol. The summed E-state index contributed by atoms with van der Waals surface area (Å²) >= 11 is 1.15. The quantitative estimate of drug-likeness (QED) is 0.751. The number of ether oxygens (including phenoxy) is 1. The van der Waals surface area contributed by atoms with E-state index in [0.717, 1.165) is 17.4 Å². The molecule has 0 atom stereocenters. The maximum Gasteiger partial charge on any atom is 0.573 e. The van der Waals surface area contributed by atoms with Gasteiger partial charge in [0, 0.05) is 12.5 Å². The minimum Gasteiger partial charge on any atom is -0.406 e. The number of tetrazole rings is 1. The van der Waals surface area contributed by atoms with E-state index in [1.165, 1.54) is 23.1 Å². The lowest BCUT2D eigenvalue weighted by molar-refractivity contribution is -0.274. The van der Waals surface area contributed by atoms with Crippen LogP contribution in [0.25, 0.3) is 10.2 Å². The maximum atomic E-state index is 12.2. The number of carbonyl (C=O) groups is 1. The molecule has 12 heteroatoms. The number of carbonyl (C=O) groups excluding carboxylic acids is 1. The van der Waals surface area contributed by atoms with Crippen LogP contribution < -0.4 is 10.1 Å². The molecule has 0 unspecified atom stereocenters. The molecule has 126 valence electrons. The Balaban J connectivity index is 1.65. The normalized spacial score (nSPS) is 11.6. The zero-order chi connectivity index (χ0) is 17.2. The van der Waals surface area contributed by atoms with Gasteiger partial charge in [0.25, 0.3) is 0 Å². The summed E-state index contributed by atoms with van der Waals surface area (Å²) in [5.41, 5.74) is 0.303. The van der Waals surface area contributed by atoms with Gasteiger partial charge in [-0.15, -0.1) is 18.3 Å². The molecule has 0 bridgehead atoms. The van der Waals surface area contributed by atoms with Gasteiger partial charge >= 0.3 is 6.36 Å². The van der Waals surface area contributed by atoms with Gasteiger partial charge in [0.1, 0.15) is 12.1 Å². The highest BCUT2D eigenvalue weighted by atomic mass is 32.1. The number of hydrogen-bond acceptors (Lipinski definition) is 7. The fraction of sp³-hybridized carbons (Fsp3) is 0.250. The third-order valence-corrected chi connectivity index (χ3v) is 3.75. The van der Waals surface area contributed by atoms with Crippen LogP contribution in [0.15, 0.2) is 24.5 Å². The highest BCUT2D eigenvalue weighted by molar-refractivity contribution is 7.22. The van der Waals surface area contributed by atoms with Crippen LogP contribution in [0, 0.1) is 0 Å². The van der Waals surface area contributed by atoms with Crippen LogP contribution >= 0.6 is 11.3 Å². The van der Waals surface area contributed by atoms with Gasteiger partial charge in [0.2, 0.25) is 5.91 Å². The van der Waals surface area contributed by atoms with Crippen molar-refractivity contribution in [3.05, 3.63) is 24.5 Å². The van der Waals surface area contributed by atoms with Crippen LogP contribution in [0.1, 0.15) is 6.42 Å². The van der Waals surface area contributed by atoms with Crippen molar-refractivity contribution < 1.29 is 22.7 Å². The van der Waals surface area contributed by atoms with Gasteiger partial charge in [-0.1, -0.05) is 11.3 Å². The SMILES string of the molecule is O=C(CCn1cnnn1)Nc1nc2cc(OC(F)(F)F)ccc2s1. The lowest BCUT2D eigenvalue weighted by Crippen LogP contribution is -2.16. The number of thiazole rings is 1. The van der Waals surface area contributed by atoms with Crippen LogP contribution in [0.4, 0.5) is 18.3 Å². The van der Waals surface area contributed by atoms with E-state index in [2.05, 4.69) is 30.6 Å². The molecule has 0 aliphatic rings. The molecule has 2 heterocycles. The topological polar surface area (TPSA) is 94.8 Å². The number of nitrogens with one attached hydrogen (secondary N) is 1. The summed E-state index contributed by atoms with van der Waals surface area (Å²) in [7, 11) is 0. The van der Waals surface area contributed by atoms with E-state index in [-0.39, 0.29) is 23.2 Å². The lowest BCUT2D eigenvalue weighted by atomic mass is 10.3. The summed E-state index contributed by atoms with van der Waals surface area (Å²) in [5.74, 6) is -0.673. The number of amides is 1. The molecule has 1 amide bonds. The molecule has 3 rings (SSSR count). The molecule has 8 nitrogen and oxygen atoms in total. The molecule has 0 radical (unpaired) electrons. The summed E-state index contributed by atoms with van der Waals surface area (Å²) in [5, 5.41) is 13.4. The van der Waals surface area contributed by atoms with Gasteiger partial charge in [-0.05, 0) is 22.6 Å². The van der Waals surface area contributed by atoms with Gasteiger partial charge in [-0.3, -0.25) is 4.79 Å². The van der Waals surface area contributed by atoms with Gasteiger partial charge < -0.3 is 10.1 Å². The zero-order valence-electron chi connectivity index (χ0n) is 11.8. The van der Waals surface area contributed by atoms with Crippen molar-refractivity contribution in [3.63, 3.8) is 0 Å². The van der Waals surface area contributed by atoms with Crippen molar-refractivity contribution in [3.8, 4) is 5.75 Å². The number of fused-ring (bicyclic) bond motifs is 1. The fourth-order valence-corrected chi connectivity index (χ4v) is 2.70. The number of benzene rings is 1. The molecule has 1 aromatic carbocycles. The summed E-state index contributed by atoms with van der Waals surface area (Å²) in [4.78, 5) is 15.9. The number of alkyl halides is 3. The van der Waals surface area contributed by atoms with Crippen LogP contribution in [0.2, 0.25) is 0 Å². The second-order valence-corrected chi connectivity index (χ2v) is 5.60. The maximum absolute atomic E-state index is 12.2. The van der Waals surface area contributed by atoms with Crippen LogP contribution in [0.5, 0.6) is 5.75 Å². The molecule has 1 N–H and O–H groups in total. The monoisotopic (exact) mass is 358 g/mol. The van der Waals surface area contributed by atoms with E-state index in [4.69, 9.17) is 0 Å². The van der Waals surface area contributed by atoms with Gasteiger partial charge in [0.15, 0.2) is 5.13 Å². The van der Waals surface area contributed by atoms with Crippen molar-refractivity contribution in [2.75, 3.05) is 5.32 Å². The minimum absolute atomic E-state index is 0.128. The first-order chi connectivity index (χ1) is 11.4. The fourth-order valence-electron chi connectivity index (χ4n) is 1.84. The van der Waals surface area contributed by atoms with Crippen molar-refractivity contribution in [2.45, 2.75) is 19.3 Å². The predicted octanol–water partition coefficient (Wildman–Crippen LogP) is 2.21. The second-order valence-electron chi connectivity index (χ2n) is 4.57. The summed E-state index contributed by atoms with van der Waals surface area (Å²) in [6.45, 7) is 0.299. The zero-order valence-corrected chi connectivity index (χ0v) is 12.6. The van der Waals surface area contributed by atoms with Crippen LogP contribution in [0.3, 0.4) is 0 Å². The molecule has 0 aliphatic carbocycles. The molecule has 0 saturated heterocycles. The second kappa shape index (κ2) is 6.39. The Morgan fingerprint density at radius 1 is 1.38 bits per heavy atom. The average molecular weight is 358 g/mol. The van der Waals surface area contributed by atoms with Crippen LogP contribution in [-0.4, -0.2) is 37.5 Å². The van der Waals surface area contributed by atoms with Crippen molar-refractivity contribution in [1.29, 1.82) is 0 Å². The van der Waals surface area contributed by atoms with Gasteiger partial charge in [-0.2, -0.15) is 0 Å². The molecule has 0 saturated carbocycles. The third kappa shape index (κ3) is 4.16. The first-order valence-corrected chi connectivity index (χ1v) is 7.38. The first-order valence-electron chi connectivity index (χ1n) is 6.56. The Morgan fingerprint density at radius 2 is 2.21 bits per heavy atom. The van der Waals surface area contributed by atoms with Gasteiger partial charge in [0.05, 0.1) is 16.8 Å². The highest BCUT2D eigenvalue weighted by Crippen LogP contribution is 2.31. The summed E-state index contributed by atoms with van der Waals surface area (Å²) in [6, 6.07) is 3.80. The highest BCUT2D eigenvalue weighted by Gasteiger charge is 2.31. The van der Waals surface area contributed by atoms with E-state index in [0.29, 0.717) is 16.8 Å². The smallest absolute Gasteiger partial charge is 0.406 e. The van der Waals surface area contributed by atoms with Gasteiger partial charge in [-0.25, -0.2) is 9.67 Å². The Bertz CT molecular complexity index is 848. The minimum atomic E-state index is -4.77. The van der Waals surface area contributed by atoms with E-state index in [9.17, 15) is 18.0 Å². The molecule has 0 aliphatic heterocycles. The van der Waals surface area contributed by atoms with Crippen molar-refractivity contribution in [1.82, 2.24) is 25.2 Å². The van der Waals surface area contributed by atoms with Crippen molar-refractivity contribution in [2.24, 2.45) is 0 Å². The summed E-state index contributed by atoms with van der Waals surface area (Å²) in [6.07, 6.45) is -3.26. The lowest BCUT2D eigenvalue weighted by Gasteiger charge is -2.07. The first kappa shape index (κ1) is 16.1. The molecular formula is C12H9F3N6O2S. The van der Waals surface area contributed by atoms with E-state index >= 15 is 0 Å². The molecule has 24 heavy (non-hydrogen) atoms. The Labute approximate surface area is 136 Å². The number of rotatable bonds is 5. The number of nitrogens with zero attached hydrogens (tertiary/aromatic N) is 5. The van der Waals surface area contributed by atoms with E-state index < -0.39 is 6.36 Å². The Hall–Kier alpha value is -2.76. The van der Waals surface area contributed by atoms with E-state index in [1.54, 1.807) is 0 Å². The summed E-state index contributed by atoms with van der Waals surface area (Å²) < 4.78 is 42.5. The molecule has 3 aromatic rings. The average Bonchev–Trinajstić information content (AvgIpc) is 3.11. The van der Waals surface area contributed by atoms with E-state index in [1.807, 2.05) is 0 Å². The Kier molecular flexibility index (Phi) is 4.29. The number of anilines is 1. The van der Waals surface area contributed by atoms with Crippen molar-refractivity contribution >= 4 is 32.6 Å². The number of aryl methyl sites for hydroxylation is 1. The number of aromatic nitrogens is 5. The van der Waals surface area contributed by atoms with Crippen LogP contribution in [-0.2, 0) is 11.3 Å². The largest absolute Gasteiger partial charge is 0.573 e. The molecule has 0 fully saturated rings.